The third kappa shape index (κ3) is 1.71. The largest absolute Gasteiger partial charge is 0.465 e. The van der Waals surface area contributed by atoms with E-state index in [4.69, 9.17) is 5.11 Å². The molecule has 0 saturated carbocycles. The second-order valence-electron chi connectivity index (χ2n) is 3.62. The van der Waals surface area contributed by atoms with Gasteiger partial charge in [-0.15, -0.1) is 0 Å². The molecule has 1 N–H and O–H groups in total. The molecule has 14 heavy (non-hydrogen) atoms. The molecule has 74 valence electrons. The molecule has 0 spiro atoms. The summed E-state index contributed by atoms with van der Waals surface area (Å²) in [7, 11) is 0. The van der Waals surface area contributed by atoms with Crippen LogP contribution in [0, 0.1) is 0 Å². The molecular formula is C11H13NO2. The van der Waals surface area contributed by atoms with Gasteiger partial charge in [-0.3, -0.25) is 0 Å². The van der Waals surface area contributed by atoms with Crippen molar-refractivity contribution in [2.75, 3.05) is 13.1 Å². The molecule has 1 heterocycles. The Bertz CT molecular complexity index is 323. The van der Waals surface area contributed by atoms with E-state index in [0.29, 0.717) is 19.0 Å². The summed E-state index contributed by atoms with van der Waals surface area (Å²) in [5.41, 5.74) is 1.25. The molecule has 1 saturated heterocycles. The lowest BCUT2D eigenvalue weighted by Gasteiger charge is -2.12. The maximum atomic E-state index is 10.7. The third-order valence-corrected chi connectivity index (χ3v) is 2.73. The smallest absolute Gasteiger partial charge is 0.407 e. The van der Waals surface area contributed by atoms with E-state index in [0.717, 1.165) is 6.42 Å². The Morgan fingerprint density at radius 2 is 2.07 bits per heavy atom. The Hall–Kier alpha value is -1.51. The lowest BCUT2D eigenvalue weighted by Crippen LogP contribution is -2.26. The molecular weight excluding hydrogens is 178 g/mol. The van der Waals surface area contributed by atoms with Crippen molar-refractivity contribution < 1.29 is 9.90 Å². The molecule has 1 aromatic carbocycles. The number of hydrogen-bond acceptors (Lipinski definition) is 1. The highest BCUT2D eigenvalue weighted by molar-refractivity contribution is 5.65. The number of benzene rings is 1. The molecule has 0 unspecified atom stereocenters. The Morgan fingerprint density at radius 1 is 1.36 bits per heavy atom. The summed E-state index contributed by atoms with van der Waals surface area (Å²) in [6, 6.07) is 10.1. The van der Waals surface area contributed by atoms with Crippen molar-refractivity contribution in [3.05, 3.63) is 35.9 Å². The van der Waals surface area contributed by atoms with Gasteiger partial charge >= 0.3 is 6.09 Å². The average molecular weight is 191 g/mol. The molecule has 0 aromatic heterocycles. The normalized spacial score (nSPS) is 21.1. The molecule has 1 amide bonds. The molecule has 2 rings (SSSR count). The quantitative estimate of drug-likeness (QED) is 0.738. The number of hydrogen-bond donors (Lipinski definition) is 1. The van der Waals surface area contributed by atoms with E-state index in [1.54, 1.807) is 0 Å². The van der Waals surface area contributed by atoms with Crippen LogP contribution in [0.1, 0.15) is 17.9 Å². The highest BCUT2D eigenvalue weighted by Crippen LogP contribution is 2.26. The van der Waals surface area contributed by atoms with Crippen LogP contribution in [0.5, 0.6) is 0 Å². The van der Waals surface area contributed by atoms with Crippen LogP contribution < -0.4 is 0 Å². The first-order chi connectivity index (χ1) is 6.77. The molecule has 1 aliphatic heterocycles. The highest BCUT2D eigenvalue weighted by Gasteiger charge is 2.26. The van der Waals surface area contributed by atoms with E-state index in [1.165, 1.54) is 10.5 Å². The van der Waals surface area contributed by atoms with Crippen LogP contribution in [0.3, 0.4) is 0 Å². The van der Waals surface area contributed by atoms with Gasteiger partial charge in [0.1, 0.15) is 0 Å². The number of nitrogens with zero attached hydrogens (tertiary/aromatic N) is 1. The second kappa shape index (κ2) is 3.70. The first kappa shape index (κ1) is 9.06. The standard InChI is InChI=1S/C11H13NO2/c13-11(14)12-7-6-10(8-12)9-4-2-1-3-5-9/h1-5,10H,6-8H2,(H,13,14)/t10-/m0/s1. The van der Waals surface area contributed by atoms with Crippen LogP contribution in [0.4, 0.5) is 4.79 Å². The minimum Gasteiger partial charge on any atom is -0.465 e. The van der Waals surface area contributed by atoms with Crippen molar-refractivity contribution in [2.24, 2.45) is 0 Å². The molecule has 3 nitrogen and oxygen atoms in total. The Morgan fingerprint density at radius 3 is 2.64 bits per heavy atom. The van der Waals surface area contributed by atoms with Gasteiger partial charge in [0.2, 0.25) is 0 Å². The van der Waals surface area contributed by atoms with Crippen molar-refractivity contribution in [1.82, 2.24) is 4.90 Å². The van der Waals surface area contributed by atoms with E-state index in [1.807, 2.05) is 18.2 Å². The van der Waals surface area contributed by atoms with E-state index < -0.39 is 6.09 Å². The zero-order valence-corrected chi connectivity index (χ0v) is 7.89. The molecule has 3 heteroatoms. The summed E-state index contributed by atoms with van der Waals surface area (Å²) in [5.74, 6) is 0.382. The first-order valence-corrected chi connectivity index (χ1v) is 4.80. The van der Waals surface area contributed by atoms with Crippen LogP contribution >= 0.6 is 0 Å². The highest BCUT2D eigenvalue weighted by atomic mass is 16.4. The monoisotopic (exact) mass is 191 g/mol. The van der Waals surface area contributed by atoms with Gasteiger partial charge in [-0.2, -0.15) is 0 Å². The van der Waals surface area contributed by atoms with Gasteiger partial charge in [0.05, 0.1) is 0 Å². The predicted octanol–water partition coefficient (Wildman–Crippen LogP) is 2.15. The number of rotatable bonds is 1. The summed E-state index contributed by atoms with van der Waals surface area (Å²) < 4.78 is 0. The molecule has 1 aromatic rings. The summed E-state index contributed by atoms with van der Waals surface area (Å²) in [6.45, 7) is 1.30. The van der Waals surface area contributed by atoms with Crippen LogP contribution in [-0.4, -0.2) is 29.2 Å². The van der Waals surface area contributed by atoms with Gasteiger partial charge < -0.3 is 10.0 Å². The Kier molecular flexibility index (Phi) is 2.39. The van der Waals surface area contributed by atoms with Gasteiger partial charge in [-0.25, -0.2) is 4.79 Å². The maximum absolute atomic E-state index is 10.7. The van der Waals surface area contributed by atoms with Crippen LogP contribution in [-0.2, 0) is 0 Å². The molecule has 0 bridgehead atoms. The Labute approximate surface area is 83.0 Å². The molecule has 1 aliphatic rings. The van der Waals surface area contributed by atoms with Crippen molar-refractivity contribution >= 4 is 6.09 Å². The minimum absolute atomic E-state index is 0.382. The fraction of sp³-hybridized carbons (Fsp3) is 0.364. The van der Waals surface area contributed by atoms with Crippen molar-refractivity contribution in [3.8, 4) is 0 Å². The summed E-state index contributed by atoms with van der Waals surface area (Å²) >= 11 is 0. The van der Waals surface area contributed by atoms with Crippen LogP contribution in [0.2, 0.25) is 0 Å². The van der Waals surface area contributed by atoms with E-state index in [-0.39, 0.29) is 0 Å². The van der Waals surface area contributed by atoms with E-state index in [2.05, 4.69) is 12.1 Å². The second-order valence-corrected chi connectivity index (χ2v) is 3.62. The lowest BCUT2D eigenvalue weighted by atomic mass is 9.99. The van der Waals surface area contributed by atoms with E-state index >= 15 is 0 Å². The molecule has 1 fully saturated rings. The number of likely N-dealkylation sites (tertiary alicyclic amines) is 1. The number of carboxylic acid groups (broad SMARTS) is 1. The first-order valence-electron chi connectivity index (χ1n) is 4.80. The van der Waals surface area contributed by atoms with Gasteiger partial charge in [0, 0.05) is 19.0 Å². The van der Waals surface area contributed by atoms with Crippen LogP contribution in [0.25, 0.3) is 0 Å². The molecule has 0 radical (unpaired) electrons. The zero-order chi connectivity index (χ0) is 9.97. The Balaban J connectivity index is 2.06. The summed E-state index contributed by atoms with van der Waals surface area (Å²) in [6.07, 6.45) is 0.138. The third-order valence-electron chi connectivity index (χ3n) is 2.73. The average Bonchev–Trinajstić information content (AvgIpc) is 2.68. The van der Waals surface area contributed by atoms with Gasteiger partial charge in [-0.1, -0.05) is 30.3 Å². The molecule has 0 aliphatic carbocycles. The fourth-order valence-electron chi connectivity index (χ4n) is 1.93. The van der Waals surface area contributed by atoms with Crippen molar-refractivity contribution in [1.29, 1.82) is 0 Å². The topological polar surface area (TPSA) is 40.5 Å². The fourth-order valence-corrected chi connectivity index (χ4v) is 1.93. The van der Waals surface area contributed by atoms with Gasteiger partial charge in [-0.05, 0) is 12.0 Å². The summed E-state index contributed by atoms with van der Waals surface area (Å²) in [4.78, 5) is 12.2. The maximum Gasteiger partial charge on any atom is 0.407 e. The number of amides is 1. The van der Waals surface area contributed by atoms with Crippen LogP contribution in [0.15, 0.2) is 30.3 Å². The lowest BCUT2D eigenvalue weighted by molar-refractivity contribution is 0.155. The van der Waals surface area contributed by atoms with Gasteiger partial charge in [0.15, 0.2) is 0 Å². The minimum atomic E-state index is -0.802. The van der Waals surface area contributed by atoms with E-state index in [9.17, 15) is 4.79 Å². The molecule has 1 atom stereocenters. The zero-order valence-electron chi connectivity index (χ0n) is 7.89. The van der Waals surface area contributed by atoms with Crippen molar-refractivity contribution in [2.45, 2.75) is 12.3 Å². The van der Waals surface area contributed by atoms with Gasteiger partial charge in [0.25, 0.3) is 0 Å². The predicted molar refractivity (Wildman–Crippen MR) is 53.4 cm³/mol. The SMILES string of the molecule is O=C(O)N1CC[C@H](c2ccccc2)C1. The summed E-state index contributed by atoms with van der Waals surface area (Å²) in [5, 5.41) is 8.80. The van der Waals surface area contributed by atoms with Crippen molar-refractivity contribution in [3.63, 3.8) is 0 Å². The number of carbonyl (C=O) groups is 1.